The largest absolute Gasteiger partial charge is 0.261 e. The molecule has 2 aromatic carbocycles. The van der Waals surface area contributed by atoms with Gasteiger partial charge >= 0.3 is 0 Å². The Kier molecular flexibility index (Phi) is 8.84. The van der Waals surface area contributed by atoms with Gasteiger partial charge in [0.25, 0.3) is 18.1 Å². The summed E-state index contributed by atoms with van der Waals surface area (Å²) in [7, 11) is 3.02. The third kappa shape index (κ3) is 8.07. The standard InChI is InChI=1S/C22H22Cl2N4O4S2/c1-21(15-25,13-11-17-3-7-19(8-4-17)33(23,29)30)27-28-22(2,16-26)14-12-18-5-9-20(10-6-18)34(24,31)32/h3-10H,11-14H2,1-2H3. The first-order chi connectivity index (χ1) is 15.7. The molecule has 0 fully saturated rings. The van der Waals surface area contributed by atoms with Gasteiger partial charge in [-0.1, -0.05) is 24.3 Å². The number of azo groups is 1. The zero-order valence-corrected chi connectivity index (χ0v) is 21.6. The molecule has 0 aliphatic carbocycles. The van der Waals surface area contributed by atoms with Crippen LogP contribution in [0, 0.1) is 22.7 Å². The Morgan fingerprint density at radius 3 is 1.24 bits per heavy atom. The van der Waals surface area contributed by atoms with E-state index in [2.05, 4.69) is 22.4 Å². The molecule has 2 atom stereocenters. The predicted octanol–water partition coefficient (Wildman–Crippen LogP) is 5.12. The predicted molar refractivity (Wildman–Crippen MR) is 128 cm³/mol. The highest BCUT2D eigenvalue weighted by Gasteiger charge is 2.28. The second-order valence-electron chi connectivity index (χ2n) is 8.13. The quantitative estimate of drug-likeness (QED) is 0.302. The molecule has 2 rings (SSSR count). The third-order valence-electron chi connectivity index (χ3n) is 5.18. The Labute approximate surface area is 208 Å². The van der Waals surface area contributed by atoms with Crippen LogP contribution in [-0.2, 0) is 30.9 Å². The fourth-order valence-corrected chi connectivity index (χ4v) is 4.43. The summed E-state index contributed by atoms with van der Waals surface area (Å²) in [5.74, 6) is 0. The van der Waals surface area contributed by atoms with Gasteiger partial charge in [-0.15, -0.1) is 0 Å². The summed E-state index contributed by atoms with van der Waals surface area (Å²) in [4.78, 5) is -0.0197. The van der Waals surface area contributed by atoms with Crippen LogP contribution < -0.4 is 0 Å². The lowest BCUT2D eigenvalue weighted by molar-refractivity contribution is 0.451. The van der Waals surface area contributed by atoms with Crippen molar-refractivity contribution in [3.63, 3.8) is 0 Å². The first kappa shape index (κ1) is 27.7. The van der Waals surface area contributed by atoms with Crippen molar-refractivity contribution in [2.24, 2.45) is 10.2 Å². The molecule has 2 unspecified atom stereocenters. The lowest BCUT2D eigenvalue weighted by Crippen LogP contribution is -2.24. The van der Waals surface area contributed by atoms with Crippen molar-refractivity contribution in [1.29, 1.82) is 10.5 Å². The Morgan fingerprint density at radius 1 is 0.706 bits per heavy atom. The molecule has 0 bridgehead atoms. The number of hydrogen-bond donors (Lipinski definition) is 0. The van der Waals surface area contributed by atoms with E-state index in [1.807, 2.05) is 0 Å². The van der Waals surface area contributed by atoms with Crippen molar-refractivity contribution in [2.45, 2.75) is 60.4 Å². The summed E-state index contributed by atoms with van der Waals surface area (Å²) in [6.07, 6.45) is 1.47. The van der Waals surface area contributed by atoms with Crippen LogP contribution in [-0.4, -0.2) is 27.9 Å². The topological polar surface area (TPSA) is 141 Å². The van der Waals surface area contributed by atoms with E-state index < -0.39 is 29.2 Å². The number of benzene rings is 2. The summed E-state index contributed by atoms with van der Waals surface area (Å²) in [6, 6.07) is 16.3. The van der Waals surface area contributed by atoms with Crippen molar-refractivity contribution < 1.29 is 16.8 Å². The van der Waals surface area contributed by atoms with Gasteiger partial charge in [-0.05, 0) is 74.9 Å². The van der Waals surface area contributed by atoms with Crippen molar-refractivity contribution >= 4 is 39.5 Å². The highest BCUT2D eigenvalue weighted by Crippen LogP contribution is 2.25. The fraction of sp³-hybridized carbons (Fsp3) is 0.364. The molecule has 2 aromatic rings. The van der Waals surface area contributed by atoms with Crippen molar-refractivity contribution in [2.75, 3.05) is 0 Å². The molecule has 0 heterocycles. The van der Waals surface area contributed by atoms with Gasteiger partial charge in [0.05, 0.1) is 21.9 Å². The number of rotatable bonds is 10. The van der Waals surface area contributed by atoms with E-state index in [1.54, 1.807) is 38.1 Å². The Bertz CT molecular complexity index is 1240. The SMILES string of the molecule is CC(C#N)(CCc1ccc(S(=O)(=O)Cl)cc1)N=NC(C)(C#N)CCc1ccc(S(=O)(=O)Cl)cc1. The van der Waals surface area contributed by atoms with Gasteiger partial charge in [-0.3, -0.25) is 0 Å². The Morgan fingerprint density at radius 2 is 1.00 bits per heavy atom. The van der Waals surface area contributed by atoms with Crippen molar-refractivity contribution in [3.05, 3.63) is 59.7 Å². The lowest BCUT2D eigenvalue weighted by Gasteiger charge is -2.20. The Hall–Kier alpha value is -2.50. The second-order valence-corrected chi connectivity index (χ2v) is 13.3. The van der Waals surface area contributed by atoms with Crippen LogP contribution in [0.2, 0.25) is 0 Å². The minimum Gasteiger partial charge on any atom is -0.207 e. The molecule has 12 heteroatoms. The van der Waals surface area contributed by atoms with Crippen LogP contribution >= 0.6 is 21.4 Å². The molecule has 0 radical (unpaired) electrons. The maximum atomic E-state index is 11.4. The van der Waals surface area contributed by atoms with Gasteiger partial charge in [-0.2, -0.15) is 20.8 Å². The van der Waals surface area contributed by atoms with Crippen LogP contribution in [0.1, 0.15) is 37.8 Å². The van der Waals surface area contributed by atoms with E-state index >= 15 is 0 Å². The van der Waals surface area contributed by atoms with E-state index in [1.165, 1.54) is 24.3 Å². The highest BCUT2D eigenvalue weighted by atomic mass is 35.7. The molecule has 0 aromatic heterocycles. The van der Waals surface area contributed by atoms with Gasteiger partial charge < -0.3 is 0 Å². The summed E-state index contributed by atoms with van der Waals surface area (Å²) in [5, 5.41) is 27.6. The molecule has 0 aliphatic heterocycles. The van der Waals surface area contributed by atoms with Gasteiger partial charge in [0.15, 0.2) is 11.1 Å². The van der Waals surface area contributed by atoms with E-state index in [4.69, 9.17) is 21.4 Å². The summed E-state index contributed by atoms with van der Waals surface area (Å²) in [6.45, 7) is 3.22. The number of nitriles is 2. The molecule has 8 nitrogen and oxygen atoms in total. The summed E-state index contributed by atoms with van der Waals surface area (Å²) in [5.41, 5.74) is -0.783. The first-order valence-electron chi connectivity index (χ1n) is 10.0. The molecule has 180 valence electrons. The summed E-state index contributed by atoms with van der Waals surface area (Å²) >= 11 is 0. The zero-order valence-electron chi connectivity index (χ0n) is 18.4. The van der Waals surface area contributed by atoms with Crippen molar-refractivity contribution in [3.8, 4) is 12.1 Å². The van der Waals surface area contributed by atoms with E-state index in [9.17, 15) is 27.4 Å². The minimum atomic E-state index is -3.81. The van der Waals surface area contributed by atoms with Crippen LogP contribution in [0.3, 0.4) is 0 Å². The van der Waals surface area contributed by atoms with E-state index in [-0.39, 0.29) is 9.79 Å². The minimum absolute atomic E-state index is 0.00985. The highest BCUT2D eigenvalue weighted by molar-refractivity contribution is 8.14. The van der Waals surface area contributed by atoms with Crippen molar-refractivity contribution in [1.82, 2.24) is 0 Å². The van der Waals surface area contributed by atoms with E-state index in [0.717, 1.165) is 11.1 Å². The smallest absolute Gasteiger partial charge is 0.207 e. The average molecular weight is 541 g/mol. The molecule has 0 amide bonds. The van der Waals surface area contributed by atoms with Gasteiger partial charge in [0.2, 0.25) is 0 Å². The average Bonchev–Trinajstić information content (AvgIpc) is 2.79. The number of nitrogens with zero attached hydrogens (tertiary/aromatic N) is 4. The number of aryl methyl sites for hydroxylation is 2. The van der Waals surface area contributed by atoms with Gasteiger partial charge in [0.1, 0.15) is 0 Å². The maximum Gasteiger partial charge on any atom is 0.261 e. The molecular formula is C22H22Cl2N4O4S2. The maximum absolute atomic E-state index is 11.4. The van der Waals surface area contributed by atoms with Crippen LogP contribution in [0.25, 0.3) is 0 Å². The van der Waals surface area contributed by atoms with Crippen LogP contribution in [0.4, 0.5) is 0 Å². The number of hydrogen-bond acceptors (Lipinski definition) is 8. The molecule has 34 heavy (non-hydrogen) atoms. The fourth-order valence-electron chi connectivity index (χ4n) is 2.89. The molecule has 0 saturated heterocycles. The van der Waals surface area contributed by atoms with Crippen LogP contribution in [0.15, 0.2) is 68.6 Å². The normalized spacial score (nSPS) is 15.7. The molecule has 0 saturated carbocycles. The second kappa shape index (κ2) is 10.8. The van der Waals surface area contributed by atoms with E-state index in [0.29, 0.717) is 25.7 Å². The molecule has 0 aliphatic rings. The summed E-state index contributed by atoms with van der Waals surface area (Å²) < 4.78 is 45.4. The van der Waals surface area contributed by atoms with Gasteiger partial charge in [-0.25, -0.2) is 16.8 Å². The van der Waals surface area contributed by atoms with Crippen LogP contribution in [0.5, 0.6) is 0 Å². The lowest BCUT2D eigenvalue weighted by atomic mass is 9.94. The third-order valence-corrected chi connectivity index (χ3v) is 7.92. The zero-order chi connectivity index (χ0) is 25.6. The molecule has 0 spiro atoms. The Balaban J connectivity index is 2.06. The molecular weight excluding hydrogens is 519 g/mol. The van der Waals surface area contributed by atoms with Gasteiger partial charge in [0, 0.05) is 21.4 Å². The number of halogens is 2. The monoisotopic (exact) mass is 540 g/mol. The first-order valence-corrected chi connectivity index (χ1v) is 14.7. The molecule has 0 N–H and O–H groups in total.